The molecular formula is C35H27ClN2O7S. The van der Waals surface area contributed by atoms with Crippen LogP contribution in [0.5, 0.6) is 5.75 Å². The van der Waals surface area contributed by atoms with E-state index in [1.54, 1.807) is 67.6 Å². The quantitative estimate of drug-likeness (QED) is 0.199. The minimum atomic E-state index is -0.972. The van der Waals surface area contributed by atoms with Crippen LogP contribution in [0.3, 0.4) is 0 Å². The number of hydrogen-bond acceptors (Lipinski definition) is 9. The van der Waals surface area contributed by atoms with Gasteiger partial charge in [-0.25, -0.2) is 14.6 Å². The molecule has 3 heterocycles. The Bertz CT molecular complexity index is 2180. The second-order valence-electron chi connectivity index (χ2n) is 10.1. The molecule has 0 spiro atoms. The van der Waals surface area contributed by atoms with Gasteiger partial charge in [0.2, 0.25) is 0 Å². The number of ether oxygens (including phenoxy) is 3. The van der Waals surface area contributed by atoms with Gasteiger partial charge < -0.3 is 18.6 Å². The van der Waals surface area contributed by atoms with Gasteiger partial charge in [0, 0.05) is 27.8 Å². The molecule has 1 aliphatic heterocycles. The third-order valence-corrected chi connectivity index (χ3v) is 8.58. The van der Waals surface area contributed by atoms with Gasteiger partial charge in [0.15, 0.2) is 4.80 Å². The molecule has 3 aromatic carbocycles. The van der Waals surface area contributed by atoms with Crippen LogP contribution in [0.25, 0.3) is 23.1 Å². The third-order valence-electron chi connectivity index (χ3n) is 7.36. The molecule has 0 aliphatic carbocycles. The third kappa shape index (κ3) is 5.68. The fourth-order valence-electron chi connectivity index (χ4n) is 5.34. The summed E-state index contributed by atoms with van der Waals surface area (Å²) in [5, 5.41) is 0.398. The van der Waals surface area contributed by atoms with Crippen molar-refractivity contribution in [1.82, 2.24) is 4.57 Å². The van der Waals surface area contributed by atoms with Gasteiger partial charge in [-0.15, -0.1) is 0 Å². The van der Waals surface area contributed by atoms with E-state index in [4.69, 9.17) is 35.2 Å². The van der Waals surface area contributed by atoms with Crippen molar-refractivity contribution >= 4 is 46.6 Å². The zero-order valence-electron chi connectivity index (χ0n) is 25.0. The minimum Gasteiger partial charge on any atom is -0.496 e. The number of carbonyl (C=O) groups excluding carboxylic acids is 2. The number of carbonyl (C=O) groups is 2. The second-order valence-corrected chi connectivity index (χ2v) is 11.5. The molecule has 0 fully saturated rings. The number of fused-ring (bicyclic) bond motifs is 1. The van der Waals surface area contributed by atoms with Crippen LogP contribution in [-0.2, 0) is 14.3 Å². The van der Waals surface area contributed by atoms with Crippen LogP contribution in [0.15, 0.2) is 105 Å². The Balaban J connectivity index is 1.58. The van der Waals surface area contributed by atoms with Crippen molar-refractivity contribution in [1.29, 1.82) is 0 Å². The van der Waals surface area contributed by atoms with Crippen molar-refractivity contribution in [3.63, 3.8) is 0 Å². The summed E-state index contributed by atoms with van der Waals surface area (Å²) in [5.74, 6) is 0.124. The molecule has 0 bridgehead atoms. The number of halogens is 1. The highest BCUT2D eigenvalue weighted by atomic mass is 35.5. The van der Waals surface area contributed by atoms with E-state index in [1.807, 2.05) is 30.3 Å². The van der Waals surface area contributed by atoms with Crippen molar-refractivity contribution in [3.05, 3.63) is 138 Å². The number of hydrogen-bond donors (Lipinski definition) is 0. The zero-order chi connectivity index (χ0) is 32.4. The number of nitrogens with zero attached hydrogens (tertiary/aromatic N) is 2. The fraction of sp³-hybridized carbons (Fsp3) is 0.143. The number of rotatable bonds is 8. The molecule has 46 heavy (non-hydrogen) atoms. The van der Waals surface area contributed by atoms with E-state index >= 15 is 0 Å². The molecule has 0 radical (unpaired) electrons. The molecule has 0 saturated heterocycles. The molecule has 5 aromatic rings. The number of thiazole rings is 1. The van der Waals surface area contributed by atoms with Crippen molar-refractivity contribution in [2.45, 2.75) is 13.0 Å². The largest absolute Gasteiger partial charge is 0.496 e. The summed E-state index contributed by atoms with van der Waals surface area (Å²) in [5.41, 5.74) is 2.21. The van der Waals surface area contributed by atoms with E-state index in [2.05, 4.69) is 0 Å². The number of esters is 2. The molecule has 1 atom stereocenters. The van der Waals surface area contributed by atoms with E-state index in [0.717, 1.165) is 11.3 Å². The van der Waals surface area contributed by atoms with Gasteiger partial charge in [-0.1, -0.05) is 71.5 Å². The first-order valence-corrected chi connectivity index (χ1v) is 15.4. The summed E-state index contributed by atoms with van der Waals surface area (Å²) < 4.78 is 24.0. The van der Waals surface area contributed by atoms with Crippen LogP contribution >= 0.6 is 22.9 Å². The van der Waals surface area contributed by atoms with E-state index in [0.29, 0.717) is 59.6 Å². The Morgan fingerprint density at radius 2 is 1.76 bits per heavy atom. The van der Waals surface area contributed by atoms with Gasteiger partial charge in [-0.05, 0) is 43.3 Å². The summed E-state index contributed by atoms with van der Waals surface area (Å²) in [6.07, 6.45) is 1.61. The standard InChI is InChI=1S/C35H27ClN2O7S/c1-4-44-34(41)29-30(20-10-6-5-7-11-20)37-35-38(31(29)25-18-21(36)14-16-26(25)42-2)32(39)28(46-35)19-22-15-17-27(45-22)23-12-8-9-13-24(23)33(40)43-3/h5-19,31H,4H2,1-3H3/b28-19-/t31-/m0/s1. The molecule has 232 valence electrons. The second kappa shape index (κ2) is 13.0. The highest BCUT2D eigenvalue weighted by molar-refractivity contribution is 7.07. The van der Waals surface area contributed by atoms with E-state index in [-0.39, 0.29) is 12.2 Å². The Kier molecular flexibility index (Phi) is 8.74. The highest BCUT2D eigenvalue weighted by Gasteiger charge is 2.37. The molecule has 9 nitrogen and oxygen atoms in total. The van der Waals surface area contributed by atoms with Gasteiger partial charge >= 0.3 is 11.9 Å². The predicted molar refractivity (Wildman–Crippen MR) is 175 cm³/mol. The fourth-order valence-corrected chi connectivity index (χ4v) is 6.51. The van der Waals surface area contributed by atoms with Crippen molar-refractivity contribution in [2.75, 3.05) is 20.8 Å². The molecule has 2 aromatic heterocycles. The van der Waals surface area contributed by atoms with Gasteiger partial charge in [-0.2, -0.15) is 0 Å². The van der Waals surface area contributed by atoms with Crippen LogP contribution in [0.2, 0.25) is 5.02 Å². The van der Waals surface area contributed by atoms with Crippen LogP contribution in [0.1, 0.15) is 40.2 Å². The van der Waals surface area contributed by atoms with Gasteiger partial charge in [0.05, 0.1) is 42.2 Å². The maximum Gasteiger partial charge on any atom is 0.338 e. The van der Waals surface area contributed by atoms with Crippen LogP contribution < -0.4 is 19.6 Å². The maximum absolute atomic E-state index is 14.2. The number of aromatic nitrogens is 1. The Morgan fingerprint density at radius 3 is 2.50 bits per heavy atom. The number of methoxy groups -OCH3 is 2. The van der Waals surface area contributed by atoms with E-state index < -0.39 is 23.5 Å². The summed E-state index contributed by atoms with van der Waals surface area (Å²) in [6, 6.07) is 23.7. The smallest absolute Gasteiger partial charge is 0.338 e. The summed E-state index contributed by atoms with van der Waals surface area (Å²) >= 11 is 7.61. The lowest BCUT2D eigenvalue weighted by atomic mass is 9.92. The summed E-state index contributed by atoms with van der Waals surface area (Å²) in [4.78, 5) is 45.5. The van der Waals surface area contributed by atoms with Crippen LogP contribution in [0, 0.1) is 0 Å². The first-order chi connectivity index (χ1) is 22.3. The average molecular weight is 655 g/mol. The van der Waals surface area contributed by atoms with Crippen LogP contribution in [0.4, 0.5) is 0 Å². The first-order valence-electron chi connectivity index (χ1n) is 14.2. The Hall–Kier alpha value is -5.19. The Labute approximate surface area is 272 Å². The van der Waals surface area contributed by atoms with Gasteiger partial charge in [0.25, 0.3) is 5.56 Å². The summed E-state index contributed by atoms with van der Waals surface area (Å²) in [7, 11) is 2.82. The van der Waals surface area contributed by atoms with E-state index in [1.165, 1.54) is 18.8 Å². The van der Waals surface area contributed by atoms with Gasteiger partial charge in [-0.3, -0.25) is 9.36 Å². The Morgan fingerprint density at radius 1 is 1.00 bits per heavy atom. The molecule has 1 aliphatic rings. The molecular weight excluding hydrogens is 628 g/mol. The normalized spacial score (nSPS) is 14.4. The average Bonchev–Trinajstić information content (AvgIpc) is 3.67. The molecule has 0 saturated carbocycles. The SMILES string of the molecule is CCOC(=O)C1=C(c2ccccc2)N=c2s/c(=C\c3ccc(-c4ccccc4C(=O)OC)o3)c(=O)n2[C@H]1c1cc(Cl)ccc1OC. The van der Waals surface area contributed by atoms with Gasteiger partial charge in [0.1, 0.15) is 23.3 Å². The lowest BCUT2D eigenvalue weighted by Crippen LogP contribution is -2.40. The van der Waals surface area contributed by atoms with Crippen LogP contribution in [-0.4, -0.2) is 37.3 Å². The van der Waals surface area contributed by atoms with Crippen molar-refractivity contribution in [3.8, 4) is 17.1 Å². The summed E-state index contributed by atoms with van der Waals surface area (Å²) in [6.45, 7) is 1.83. The minimum absolute atomic E-state index is 0.119. The molecule has 0 N–H and O–H groups in total. The molecule has 6 rings (SSSR count). The molecule has 11 heteroatoms. The topological polar surface area (TPSA) is 109 Å². The van der Waals surface area contributed by atoms with Crippen molar-refractivity contribution in [2.24, 2.45) is 4.99 Å². The molecule has 0 unspecified atom stereocenters. The molecule has 0 amide bonds. The lowest BCUT2D eigenvalue weighted by Gasteiger charge is -2.27. The van der Waals surface area contributed by atoms with Crippen molar-refractivity contribution < 1.29 is 28.2 Å². The zero-order valence-corrected chi connectivity index (χ0v) is 26.6. The number of benzene rings is 3. The number of furan rings is 1. The van der Waals surface area contributed by atoms with E-state index in [9.17, 15) is 14.4 Å². The highest BCUT2D eigenvalue weighted by Crippen LogP contribution is 2.40. The lowest BCUT2D eigenvalue weighted by molar-refractivity contribution is -0.138. The monoisotopic (exact) mass is 654 g/mol. The maximum atomic E-state index is 14.2. The first kappa shape index (κ1) is 30.8. The predicted octanol–water partition coefficient (Wildman–Crippen LogP) is 5.64.